The van der Waals surface area contributed by atoms with E-state index in [2.05, 4.69) is 10.1 Å². The Morgan fingerprint density at radius 2 is 2.07 bits per heavy atom. The number of esters is 1. The number of thiazole rings is 1. The fraction of sp³-hybridized carbons (Fsp3) is 0.200. The molecule has 28 heavy (non-hydrogen) atoms. The Morgan fingerprint density at radius 1 is 1.21 bits per heavy atom. The molecule has 0 bridgehead atoms. The van der Waals surface area contributed by atoms with Crippen molar-refractivity contribution in [3.63, 3.8) is 0 Å². The average Bonchev–Trinajstić information content (AvgIpc) is 3.43. The zero-order valence-corrected chi connectivity index (χ0v) is 15.7. The molecule has 8 heteroatoms. The summed E-state index contributed by atoms with van der Waals surface area (Å²) in [5.41, 5.74) is 3.54. The van der Waals surface area contributed by atoms with Crippen LogP contribution >= 0.6 is 11.3 Å². The summed E-state index contributed by atoms with van der Waals surface area (Å²) in [6.07, 6.45) is 4.36. The van der Waals surface area contributed by atoms with Gasteiger partial charge in [-0.2, -0.15) is 5.10 Å². The average molecular weight is 392 g/mol. The van der Waals surface area contributed by atoms with E-state index in [1.807, 2.05) is 35.0 Å². The molecule has 0 aliphatic heterocycles. The molecular weight excluding hydrogens is 376 g/mol. The maximum atomic E-state index is 12.7. The van der Waals surface area contributed by atoms with Crippen molar-refractivity contribution in [3.8, 4) is 5.69 Å². The normalized spacial score (nSPS) is 13.0. The van der Waals surface area contributed by atoms with Crippen molar-refractivity contribution in [3.05, 3.63) is 81.0 Å². The van der Waals surface area contributed by atoms with Crippen LogP contribution in [0.1, 0.15) is 33.9 Å². The first-order chi connectivity index (χ1) is 13.7. The van der Waals surface area contributed by atoms with E-state index in [1.165, 1.54) is 21.8 Å². The van der Waals surface area contributed by atoms with Crippen molar-refractivity contribution < 1.29 is 9.53 Å². The molecule has 7 nitrogen and oxygen atoms in total. The maximum Gasteiger partial charge on any atom is 0.359 e. The second kappa shape index (κ2) is 6.72. The summed E-state index contributed by atoms with van der Waals surface area (Å²) >= 11 is 1.36. The van der Waals surface area contributed by atoms with Crippen LogP contribution in [0.2, 0.25) is 0 Å². The number of fused-ring (bicyclic) bond motifs is 2. The smallest absolute Gasteiger partial charge is 0.359 e. The minimum Gasteiger partial charge on any atom is -0.454 e. The summed E-state index contributed by atoms with van der Waals surface area (Å²) in [6, 6.07) is 11.2. The van der Waals surface area contributed by atoms with E-state index in [-0.39, 0.29) is 12.2 Å². The summed E-state index contributed by atoms with van der Waals surface area (Å²) in [6.45, 7) is -0.0601. The molecule has 0 radical (unpaired) electrons. The minimum atomic E-state index is -0.485. The fourth-order valence-corrected chi connectivity index (χ4v) is 4.29. The van der Waals surface area contributed by atoms with E-state index in [4.69, 9.17) is 4.74 Å². The molecular formula is C20H16N4O3S. The molecule has 1 aliphatic carbocycles. The number of ether oxygens (including phenoxy) is 1. The van der Waals surface area contributed by atoms with Gasteiger partial charge in [0.05, 0.1) is 11.4 Å². The van der Waals surface area contributed by atoms with Crippen LogP contribution in [0.4, 0.5) is 0 Å². The molecule has 4 aromatic rings. The molecule has 3 aromatic heterocycles. The van der Waals surface area contributed by atoms with Crippen molar-refractivity contribution in [2.24, 2.45) is 0 Å². The second-order valence-electron chi connectivity index (χ2n) is 6.59. The number of hydrogen-bond donors (Lipinski definition) is 0. The van der Waals surface area contributed by atoms with Crippen LogP contribution < -0.4 is 5.56 Å². The Balaban J connectivity index is 1.42. The van der Waals surface area contributed by atoms with Crippen molar-refractivity contribution in [1.29, 1.82) is 0 Å². The summed E-state index contributed by atoms with van der Waals surface area (Å²) < 4.78 is 8.75. The lowest BCUT2D eigenvalue weighted by Gasteiger charge is -2.05. The van der Waals surface area contributed by atoms with E-state index >= 15 is 0 Å². The lowest BCUT2D eigenvalue weighted by Crippen LogP contribution is -2.15. The molecule has 0 spiro atoms. The number of benzene rings is 1. The van der Waals surface area contributed by atoms with Crippen molar-refractivity contribution in [2.75, 3.05) is 0 Å². The van der Waals surface area contributed by atoms with Gasteiger partial charge in [-0.1, -0.05) is 18.2 Å². The fourth-order valence-electron chi connectivity index (χ4n) is 3.55. The van der Waals surface area contributed by atoms with Crippen LogP contribution in [-0.2, 0) is 24.2 Å². The summed E-state index contributed by atoms with van der Waals surface area (Å²) in [5.74, 6) is -0.485. The molecule has 0 N–H and O–H groups in total. The standard InChI is InChI=1S/C20H16N4O3S/c25-17-11-13(21-20-23(17)9-10-28-20)12-27-19(26)18-15-7-4-8-16(15)24(22-18)14-5-2-1-3-6-14/h1-3,5-6,9-11H,4,7-8,12H2. The maximum absolute atomic E-state index is 12.7. The number of rotatable bonds is 4. The monoisotopic (exact) mass is 392 g/mol. The SMILES string of the molecule is O=C(OCc1cc(=O)n2ccsc2n1)c1nn(-c2ccccc2)c2c1CCC2. The summed E-state index contributed by atoms with van der Waals surface area (Å²) in [5, 5.41) is 6.32. The quantitative estimate of drug-likeness (QED) is 0.499. The first-order valence-corrected chi connectivity index (χ1v) is 9.88. The van der Waals surface area contributed by atoms with E-state index in [0.717, 1.165) is 36.2 Å². The third-order valence-electron chi connectivity index (χ3n) is 4.83. The number of nitrogens with zero attached hydrogens (tertiary/aromatic N) is 4. The number of carbonyl (C=O) groups is 1. The van der Waals surface area contributed by atoms with Crippen molar-refractivity contribution in [2.45, 2.75) is 25.9 Å². The Bertz CT molecular complexity index is 1240. The van der Waals surface area contributed by atoms with Gasteiger partial charge in [-0.15, -0.1) is 11.3 Å². The van der Waals surface area contributed by atoms with E-state index in [9.17, 15) is 9.59 Å². The van der Waals surface area contributed by atoms with Crippen molar-refractivity contribution >= 4 is 22.3 Å². The molecule has 0 saturated heterocycles. The second-order valence-corrected chi connectivity index (χ2v) is 7.47. The molecule has 1 aliphatic rings. The molecule has 140 valence electrons. The van der Waals surface area contributed by atoms with E-state index in [1.54, 1.807) is 11.6 Å². The van der Waals surface area contributed by atoms with Gasteiger partial charge in [0.1, 0.15) is 6.61 Å². The molecule has 0 atom stereocenters. The Kier molecular flexibility index (Phi) is 4.05. The lowest BCUT2D eigenvalue weighted by molar-refractivity contribution is 0.0459. The van der Waals surface area contributed by atoms with Gasteiger partial charge < -0.3 is 4.74 Å². The number of hydrogen-bond acceptors (Lipinski definition) is 6. The molecule has 1 aromatic carbocycles. The van der Waals surface area contributed by atoms with Gasteiger partial charge in [0, 0.05) is 28.9 Å². The first-order valence-electron chi connectivity index (χ1n) is 9.00. The lowest BCUT2D eigenvalue weighted by atomic mass is 10.2. The topological polar surface area (TPSA) is 78.5 Å². The molecule has 0 fully saturated rings. The van der Waals surface area contributed by atoms with Gasteiger partial charge in [-0.05, 0) is 31.4 Å². The highest BCUT2D eigenvalue weighted by molar-refractivity contribution is 7.15. The van der Waals surface area contributed by atoms with Crippen LogP contribution in [0.3, 0.4) is 0 Å². The Hall–Kier alpha value is -3.26. The third kappa shape index (κ3) is 2.82. The van der Waals surface area contributed by atoms with Gasteiger partial charge in [-0.25, -0.2) is 14.5 Å². The summed E-state index contributed by atoms with van der Waals surface area (Å²) in [7, 11) is 0. The Morgan fingerprint density at radius 3 is 2.93 bits per heavy atom. The van der Waals surface area contributed by atoms with Crippen LogP contribution in [0.5, 0.6) is 0 Å². The molecule has 5 rings (SSSR count). The summed E-state index contributed by atoms with van der Waals surface area (Å²) in [4.78, 5) is 29.7. The van der Waals surface area contributed by atoms with Crippen molar-refractivity contribution in [1.82, 2.24) is 19.2 Å². The van der Waals surface area contributed by atoms with Crippen LogP contribution in [0, 0.1) is 0 Å². The molecule has 0 amide bonds. The highest BCUT2D eigenvalue weighted by atomic mass is 32.1. The van der Waals surface area contributed by atoms with Gasteiger partial charge in [0.25, 0.3) is 5.56 Å². The predicted molar refractivity (Wildman–Crippen MR) is 104 cm³/mol. The Labute approximate surface area is 163 Å². The van der Waals surface area contributed by atoms with E-state index in [0.29, 0.717) is 16.3 Å². The zero-order valence-electron chi connectivity index (χ0n) is 14.9. The van der Waals surface area contributed by atoms with Crippen LogP contribution in [-0.4, -0.2) is 25.1 Å². The van der Waals surface area contributed by atoms with Gasteiger partial charge in [-0.3, -0.25) is 9.20 Å². The molecule has 0 unspecified atom stereocenters. The van der Waals surface area contributed by atoms with Gasteiger partial charge in [0.15, 0.2) is 10.7 Å². The largest absolute Gasteiger partial charge is 0.454 e. The highest BCUT2D eigenvalue weighted by Crippen LogP contribution is 2.28. The third-order valence-corrected chi connectivity index (χ3v) is 5.59. The highest BCUT2D eigenvalue weighted by Gasteiger charge is 2.28. The zero-order chi connectivity index (χ0) is 19.1. The predicted octanol–water partition coefficient (Wildman–Crippen LogP) is 2.79. The number of para-hydroxylation sites is 1. The minimum absolute atomic E-state index is 0.0601. The van der Waals surface area contributed by atoms with Gasteiger partial charge in [0.2, 0.25) is 0 Å². The molecule has 0 saturated carbocycles. The number of carbonyl (C=O) groups excluding carboxylic acids is 1. The van der Waals surface area contributed by atoms with Gasteiger partial charge >= 0.3 is 5.97 Å². The number of aromatic nitrogens is 4. The first kappa shape index (κ1) is 16.9. The van der Waals surface area contributed by atoms with Crippen LogP contribution in [0.25, 0.3) is 10.6 Å². The van der Waals surface area contributed by atoms with Crippen LogP contribution in [0.15, 0.2) is 52.8 Å². The van der Waals surface area contributed by atoms with E-state index < -0.39 is 5.97 Å². The molecule has 3 heterocycles.